The molecule has 0 saturated heterocycles. The lowest BCUT2D eigenvalue weighted by Gasteiger charge is -2.34. The molecule has 1 rings (SSSR count). The molecule has 112 valence electrons. The lowest BCUT2D eigenvalue weighted by atomic mass is 10.0. The number of carbonyl (C=O) groups excluding carboxylic acids is 1. The van der Waals surface area contributed by atoms with Crippen molar-refractivity contribution in [1.29, 1.82) is 0 Å². The molecule has 0 bridgehead atoms. The molecule has 1 amide bonds. The van der Waals surface area contributed by atoms with Crippen LogP contribution in [-0.4, -0.2) is 40.4 Å². The first kappa shape index (κ1) is 16.4. The molecule has 1 aromatic rings. The number of hydrogen-bond acceptors (Lipinski definition) is 4. The predicted octanol–water partition coefficient (Wildman–Crippen LogP) is 1.50. The van der Waals surface area contributed by atoms with Crippen LogP contribution in [0.15, 0.2) is 18.5 Å². The van der Waals surface area contributed by atoms with Gasteiger partial charge in [0, 0.05) is 18.4 Å². The molecule has 0 fully saturated rings. The van der Waals surface area contributed by atoms with Crippen molar-refractivity contribution in [2.75, 3.05) is 11.4 Å². The SMILES string of the molecule is CC(C)N(CC(F)C(C)(C)O)c1ccncc1C(N)=O. The minimum Gasteiger partial charge on any atom is -0.387 e. The Balaban J connectivity index is 3.13. The summed E-state index contributed by atoms with van der Waals surface area (Å²) in [5, 5.41) is 9.74. The minimum atomic E-state index is -1.46. The number of pyridine rings is 1. The zero-order chi connectivity index (χ0) is 15.5. The molecule has 0 aromatic carbocycles. The second-order valence-corrected chi connectivity index (χ2v) is 5.62. The third-order valence-corrected chi connectivity index (χ3v) is 3.12. The number of amides is 1. The highest BCUT2D eigenvalue weighted by Gasteiger charge is 2.30. The van der Waals surface area contributed by atoms with E-state index in [0.29, 0.717) is 5.69 Å². The summed E-state index contributed by atoms with van der Waals surface area (Å²) in [5.41, 5.74) is 4.63. The van der Waals surface area contributed by atoms with Gasteiger partial charge in [0.05, 0.1) is 23.4 Å². The van der Waals surface area contributed by atoms with Gasteiger partial charge >= 0.3 is 0 Å². The summed E-state index contributed by atoms with van der Waals surface area (Å²) in [6.07, 6.45) is 1.43. The molecule has 6 heteroatoms. The zero-order valence-corrected chi connectivity index (χ0v) is 12.3. The van der Waals surface area contributed by atoms with Crippen LogP contribution in [0.3, 0.4) is 0 Å². The van der Waals surface area contributed by atoms with E-state index in [1.54, 1.807) is 11.0 Å². The summed E-state index contributed by atoms with van der Waals surface area (Å²) in [5.74, 6) is -0.614. The van der Waals surface area contributed by atoms with E-state index in [9.17, 15) is 14.3 Å². The van der Waals surface area contributed by atoms with Gasteiger partial charge in [0.25, 0.3) is 5.91 Å². The average molecular weight is 283 g/mol. The van der Waals surface area contributed by atoms with Gasteiger partial charge in [-0.15, -0.1) is 0 Å². The van der Waals surface area contributed by atoms with Crippen molar-refractivity contribution in [3.63, 3.8) is 0 Å². The molecule has 0 saturated carbocycles. The Morgan fingerprint density at radius 2 is 2.15 bits per heavy atom. The van der Waals surface area contributed by atoms with Crippen LogP contribution in [0, 0.1) is 0 Å². The minimum absolute atomic E-state index is 0.0362. The van der Waals surface area contributed by atoms with E-state index >= 15 is 0 Å². The molecule has 3 N–H and O–H groups in total. The van der Waals surface area contributed by atoms with E-state index in [-0.39, 0.29) is 18.2 Å². The Hall–Kier alpha value is -1.69. The van der Waals surface area contributed by atoms with Gasteiger partial charge in [0.1, 0.15) is 6.17 Å². The van der Waals surface area contributed by atoms with Crippen molar-refractivity contribution >= 4 is 11.6 Å². The molecule has 0 spiro atoms. The zero-order valence-electron chi connectivity index (χ0n) is 12.3. The van der Waals surface area contributed by atoms with E-state index in [0.717, 1.165) is 0 Å². The van der Waals surface area contributed by atoms with Gasteiger partial charge in [-0.25, -0.2) is 4.39 Å². The number of primary amides is 1. The second kappa shape index (κ2) is 6.17. The van der Waals surface area contributed by atoms with Crippen molar-refractivity contribution < 1.29 is 14.3 Å². The topological polar surface area (TPSA) is 79.4 Å². The Kier molecular flexibility index (Phi) is 5.05. The van der Waals surface area contributed by atoms with Gasteiger partial charge in [-0.05, 0) is 33.8 Å². The Labute approximate surface area is 118 Å². The molecule has 1 unspecified atom stereocenters. The second-order valence-electron chi connectivity index (χ2n) is 5.62. The maximum Gasteiger partial charge on any atom is 0.252 e. The molecule has 5 nitrogen and oxygen atoms in total. The molecule has 1 aromatic heterocycles. The highest BCUT2D eigenvalue weighted by atomic mass is 19.1. The lowest BCUT2D eigenvalue weighted by molar-refractivity contribution is 0.000108. The third-order valence-electron chi connectivity index (χ3n) is 3.12. The van der Waals surface area contributed by atoms with Crippen LogP contribution in [0.5, 0.6) is 0 Å². The molecule has 1 atom stereocenters. The summed E-state index contributed by atoms with van der Waals surface area (Å²) in [6, 6.07) is 1.56. The van der Waals surface area contributed by atoms with Crippen LogP contribution < -0.4 is 10.6 Å². The molecule has 0 aliphatic heterocycles. The van der Waals surface area contributed by atoms with Crippen molar-refractivity contribution in [2.24, 2.45) is 5.73 Å². The van der Waals surface area contributed by atoms with Crippen molar-refractivity contribution in [3.8, 4) is 0 Å². The van der Waals surface area contributed by atoms with Crippen LogP contribution in [0.2, 0.25) is 0 Å². The predicted molar refractivity (Wildman–Crippen MR) is 76.4 cm³/mol. The standard InChI is InChI=1S/C14H22FN3O2/c1-9(2)18(8-12(15)14(3,4)20)11-5-6-17-7-10(11)13(16)19/h5-7,9,12,20H,8H2,1-4H3,(H2,16,19). The molecule has 1 heterocycles. The quantitative estimate of drug-likeness (QED) is 0.829. The number of aliphatic hydroxyl groups is 1. The maximum atomic E-state index is 14.1. The Bertz CT molecular complexity index is 472. The number of rotatable bonds is 6. The first-order valence-electron chi connectivity index (χ1n) is 6.51. The maximum absolute atomic E-state index is 14.1. The van der Waals surface area contributed by atoms with Gasteiger partial charge in [-0.3, -0.25) is 9.78 Å². The number of halogens is 1. The van der Waals surface area contributed by atoms with Gasteiger partial charge in [0.15, 0.2) is 0 Å². The molecule has 20 heavy (non-hydrogen) atoms. The highest BCUT2D eigenvalue weighted by molar-refractivity contribution is 5.98. The largest absolute Gasteiger partial charge is 0.387 e. The van der Waals surface area contributed by atoms with Gasteiger partial charge in [0.2, 0.25) is 0 Å². The van der Waals surface area contributed by atoms with Crippen LogP contribution in [0.1, 0.15) is 38.1 Å². The molecule has 0 aliphatic rings. The summed E-state index contributed by atoms with van der Waals surface area (Å²) >= 11 is 0. The van der Waals surface area contributed by atoms with Crippen LogP contribution in [0.25, 0.3) is 0 Å². The van der Waals surface area contributed by atoms with E-state index in [1.165, 1.54) is 26.2 Å². The fourth-order valence-electron chi connectivity index (χ4n) is 1.81. The number of anilines is 1. The smallest absolute Gasteiger partial charge is 0.252 e. The first-order chi connectivity index (χ1) is 9.14. The van der Waals surface area contributed by atoms with E-state index in [2.05, 4.69) is 4.98 Å². The van der Waals surface area contributed by atoms with Gasteiger partial charge in [-0.1, -0.05) is 0 Å². The van der Waals surface area contributed by atoms with Crippen LogP contribution in [0.4, 0.5) is 10.1 Å². The van der Waals surface area contributed by atoms with Crippen LogP contribution >= 0.6 is 0 Å². The number of aromatic nitrogens is 1. The highest BCUT2D eigenvalue weighted by Crippen LogP contribution is 2.24. The van der Waals surface area contributed by atoms with Gasteiger partial charge < -0.3 is 15.7 Å². The summed E-state index contributed by atoms with van der Waals surface area (Å²) in [4.78, 5) is 17.0. The van der Waals surface area contributed by atoms with E-state index in [1.807, 2.05) is 13.8 Å². The summed E-state index contributed by atoms with van der Waals surface area (Å²) < 4.78 is 14.1. The Morgan fingerprint density at radius 1 is 1.55 bits per heavy atom. The molecular weight excluding hydrogens is 261 g/mol. The van der Waals surface area contributed by atoms with Gasteiger partial charge in [-0.2, -0.15) is 0 Å². The van der Waals surface area contributed by atoms with Crippen molar-refractivity contribution in [2.45, 2.75) is 45.5 Å². The van der Waals surface area contributed by atoms with Crippen molar-refractivity contribution in [3.05, 3.63) is 24.0 Å². The van der Waals surface area contributed by atoms with E-state index in [4.69, 9.17) is 5.73 Å². The summed E-state index contributed by atoms with van der Waals surface area (Å²) in [7, 11) is 0. The number of nitrogens with two attached hydrogens (primary N) is 1. The first-order valence-corrected chi connectivity index (χ1v) is 6.51. The molecular formula is C14H22FN3O2. The molecule has 0 aliphatic carbocycles. The number of hydrogen-bond donors (Lipinski definition) is 2. The average Bonchev–Trinajstić information content (AvgIpc) is 2.33. The normalized spacial score (nSPS) is 13.3. The third kappa shape index (κ3) is 3.90. The summed E-state index contributed by atoms with van der Waals surface area (Å²) in [6.45, 7) is 6.55. The number of alkyl halides is 1. The number of nitrogens with zero attached hydrogens (tertiary/aromatic N) is 2. The van der Waals surface area contributed by atoms with Crippen molar-refractivity contribution in [1.82, 2.24) is 4.98 Å². The van der Waals surface area contributed by atoms with Crippen LogP contribution in [-0.2, 0) is 0 Å². The monoisotopic (exact) mass is 283 g/mol. The number of carbonyl (C=O) groups is 1. The fourth-order valence-corrected chi connectivity index (χ4v) is 1.81. The lowest BCUT2D eigenvalue weighted by Crippen LogP contribution is -2.45. The molecule has 0 radical (unpaired) electrons. The fraction of sp³-hybridized carbons (Fsp3) is 0.571. The van der Waals surface area contributed by atoms with E-state index < -0.39 is 17.7 Å². The Morgan fingerprint density at radius 3 is 2.60 bits per heavy atom.